The fraction of sp³-hybridized carbons (Fsp3) is 0.812. The molecule has 7 atom stereocenters. The minimum atomic E-state index is -0.726. The second-order valence-electron chi connectivity index (χ2n) is 7.16. The number of likely N-dealkylation sites (tertiary alicyclic amines) is 1. The number of amides is 3. The highest BCUT2D eigenvalue weighted by Gasteiger charge is 2.67. The van der Waals surface area contributed by atoms with E-state index in [9.17, 15) is 14.4 Å². The standard InChI is InChI=1S/C16H20Br2N2O4/c1-7(14(21)19-2-4-24-5-3-19)20-15(22)10-8-6-9(11(10)16(20)23)13(18)12(8)17/h7-13H,2-6H2,1H3/t7-,8-,9-,10-,11+,12+,13+/m1/s1. The van der Waals surface area contributed by atoms with Gasteiger partial charge >= 0.3 is 0 Å². The number of imide groups is 1. The highest BCUT2D eigenvalue weighted by atomic mass is 79.9. The van der Waals surface area contributed by atoms with Crippen LogP contribution in [0.4, 0.5) is 0 Å². The molecule has 0 N–H and O–H groups in total. The zero-order valence-electron chi connectivity index (χ0n) is 13.4. The van der Waals surface area contributed by atoms with E-state index in [4.69, 9.17) is 4.74 Å². The summed E-state index contributed by atoms with van der Waals surface area (Å²) in [6.07, 6.45) is 0.901. The largest absolute Gasteiger partial charge is 0.378 e. The van der Waals surface area contributed by atoms with Gasteiger partial charge in [-0.05, 0) is 25.2 Å². The summed E-state index contributed by atoms with van der Waals surface area (Å²) in [6.45, 7) is 3.72. The molecule has 0 radical (unpaired) electrons. The van der Waals surface area contributed by atoms with Crippen LogP contribution in [0.3, 0.4) is 0 Å². The molecule has 6 nitrogen and oxygen atoms in total. The van der Waals surface area contributed by atoms with Crippen LogP contribution in [0.2, 0.25) is 0 Å². The van der Waals surface area contributed by atoms with Gasteiger partial charge in [-0.1, -0.05) is 31.9 Å². The van der Waals surface area contributed by atoms with Crippen LogP contribution in [-0.4, -0.2) is 69.5 Å². The number of hydrogen-bond donors (Lipinski definition) is 0. The van der Waals surface area contributed by atoms with E-state index >= 15 is 0 Å². The molecular weight excluding hydrogens is 444 g/mol. The Morgan fingerprint density at radius 3 is 2.08 bits per heavy atom. The van der Waals surface area contributed by atoms with Crippen molar-refractivity contribution in [2.45, 2.75) is 29.0 Å². The zero-order valence-corrected chi connectivity index (χ0v) is 16.5. The van der Waals surface area contributed by atoms with Crippen molar-refractivity contribution >= 4 is 49.6 Å². The summed E-state index contributed by atoms with van der Waals surface area (Å²) in [7, 11) is 0. The van der Waals surface area contributed by atoms with Gasteiger partial charge in [-0.25, -0.2) is 0 Å². The van der Waals surface area contributed by atoms with Crippen molar-refractivity contribution in [3.63, 3.8) is 0 Å². The Morgan fingerprint density at radius 2 is 1.58 bits per heavy atom. The van der Waals surface area contributed by atoms with Gasteiger partial charge in [0.05, 0.1) is 25.0 Å². The van der Waals surface area contributed by atoms with Crippen molar-refractivity contribution in [3.8, 4) is 0 Å². The smallest absolute Gasteiger partial charge is 0.245 e. The molecule has 0 aromatic rings. The van der Waals surface area contributed by atoms with Crippen LogP contribution in [0, 0.1) is 23.7 Å². The first-order valence-electron chi connectivity index (χ1n) is 8.45. The van der Waals surface area contributed by atoms with Crippen molar-refractivity contribution in [2.24, 2.45) is 23.7 Å². The lowest BCUT2D eigenvalue weighted by Gasteiger charge is -2.32. The summed E-state index contributed by atoms with van der Waals surface area (Å²) >= 11 is 7.35. The van der Waals surface area contributed by atoms with E-state index in [-0.39, 0.29) is 51.0 Å². The van der Waals surface area contributed by atoms with E-state index in [1.165, 1.54) is 4.90 Å². The highest BCUT2D eigenvalue weighted by Crippen LogP contribution is 2.60. The first kappa shape index (κ1) is 17.0. The predicted octanol–water partition coefficient (Wildman–Crippen LogP) is 1.01. The second-order valence-corrected chi connectivity index (χ2v) is 9.28. The number of morpholine rings is 1. The van der Waals surface area contributed by atoms with Gasteiger partial charge in [-0.15, -0.1) is 0 Å². The van der Waals surface area contributed by atoms with Crippen LogP contribution in [0.15, 0.2) is 0 Å². The molecule has 2 heterocycles. The third-order valence-electron chi connectivity index (χ3n) is 6.09. The first-order valence-corrected chi connectivity index (χ1v) is 10.3. The van der Waals surface area contributed by atoms with Gasteiger partial charge in [-0.3, -0.25) is 19.3 Å². The third-order valence-corrected chi connectivity index (χ3v) is 9.30. The molecule has 4 fully saturated rings. The summed E-state index contributed by atoms with van der Waals surface area (Å²) in [6, 6.07) is -0.726. The maximum atomic E-state index is 12.9. The topological polar surface area (TPSA) is 66.9 Å². The van der Waals surface area contributed by atoms with E-state index in [0.29, 0.717) is 26.3 Å². The number of nitrogens with zero attached hydrogens (tertiary/aromatic N) is 2. The number of halogens is 2. The summed E-state index contributed by atoms with van der Waals surface area (Å²) < 4.78 is 5.27. The van der Waals surface area contributed by atoms with Crippen LogP contribution >= 0.6 is 31.9 Å². The molecule has 132 valence electrons. The average Bonchev–Trinajstić information content (AvgIpc) is 3.19. The van der Waals surface area contributed by atoms with Gasteiger partial charge in [-0.2, -0.15) is 0 Å². The molecule has 24 heavy (non-hydrogen) atoms. The van der Waals surface area contributed by atoms with Gasteiger partial charge in [0.15, 0.2) is 0 Å². The SMILES string of the molecule is C[C@H](C(=O)N1CCOCC1)N1C(=O)[C@@H]2[C@H]3C[C@@H]([C@H](Br)[C@H]3Br)[C@@H]2C1=O. The maximum absolute atomic E-state index is 12.9. The van der Waals surface area contributed by atoms with E-state index < -0.39 is 6.04 Å². The lowest BCUT2D eigenvalue weighted by atomic mass is 9.81. The Hall–Kier alpha value is -0.470. The minimum absolute atomic E-state index is 0.155. The Kier molecular flexibility index (Phi) is 4.28. The molecule has 2 saturated heterocycles. The Balaban J connectivity index is 1.56. The Bertz CT molecular complexity index is 563. The van der Waals surface area contributed by atoms with Gasteiger partial charge in [0, 0.05) is 22.7 Å². The predicted molar refractivity (Wildman–Crippen MR) is 92.7 cm³/mol. The molecule has 2 aliphatic carbocycles. The summed E-state index contributed by atoms with van der Waals surface area (Å²) in [4.78, 5) is 42.0. The summed E-state index contributed by atoms with van der Waals surface area (Å²) in [5, 5.41) is 0. The number of carbonyl (C=O) groups is 3. The summed E-state index contributed by atoms with van der Waals surface area (Å²) in [5.74, 6) is -0.640. The average molecular weight is 464 g/mol. The number of carbonyl (C=O) groups excluding carboxylic acids is 3. The van der Waals surface area contributed by atoms with Crippen LogP contribution in [0.1, 0.15) is 13.3 Å². The monoisotopic (exact) mass is 462 g/mol. The van der Waals surface area contributed by atoms with Crippen molar-refractivity contribution in [1.82, 2.24) is 9.80 Å². The highest BCUT2D eigenvalue weighted by molar-refractivity contribution is 9.12. The normalized spacial score (nSPS) is 42.6. The molecule has 2 saturated carbocycles. The molecule has 2 bridgehead atoms. The van der Waals surface area contributed by atoms with Crippen LogP contribution in [0.25, 0.3) is 0 Å². The molecule has 0 aromatic heterocycles. The van der Waals surface area contributed by atoms with Gasteiger partial charge < -0.3 is 9.64 Å². The first-order chi connectivity index (χ1) is 11.4. The molecule has 4 aliphatic rings. The lowest BCUT2D eigenvalue weighted by Crippen LogP contribution is -2.52. The maximum Gasteiger partial charge on any atom is 0.245 e. The van der Waals surface area contributed by atoms with E-state index in [2.05, 4.69) is 31.9 Å². The van der Waals surface area contributed by atoms with Gasteiger partial charge in [0.1, 0.15) is 6.04 Å². The molecule has 2 aliphatic heterocycles. The number of ether oxygens (including phenoxy) is 1. The molecule has 8 heteroatoms. The molecular formula is C16H20Br2N2O4. The van der Waals surface area contributed by atoms with E-state index in [1.807, 2.05) is 0 Å². The number of fused-ring (bicyclic) bond motifs is 5. The zero-order chi connectivity index (χ0) is 17.2. The number of alkyl halides is 2. The number of rotatable bonds is 2. The molecule has 3 amide bonds. The van der Waals surface area contributed by atoms with Crippen LogP contribution in [-0.2, 0) is 19.1 Å². The van der Waals surface area contributed by atoms with Gasteiger partial charge in [0.2, 0.25) is 17.7 Å². The lowest BCUT2D eigenvalue weighted by molar-refractivity contribution is -0.153. The fourth-order valence-electron chi connectivity index (χ4n) is 4.91. The van der Waals surface area contributed by atoms with Crippen LogP contribution in [0.5, 0.6) is 0 Å². The van der Waals surface area contributed by atoms with Crippen LogP contribution < -0.4 is 0 Å². The van der Waals surface area contributed by atoms with Gasteiger partial charge in [0.25, 0.3) is 0 Å². The third kappa shape index (κ3) is 2.25. The molecule has 0 unspecified atom stereocenters. The number of hydrogen-bond acceptors (Lipinski definition) is 4. The van der Waals surface area contributed by atoms with Crippen molar-refractivity contribution < 1.29 is 19.1 Å². The Labute approximate surface area is 157 Å². The van der Waals surface area contributed by atoms with E-state index in [0.717, 1.165) is 6.42 Å². The van der Waals surface area contributed by atoms with Crippen molar-refractivity contribution in [2.75, 3.05) is 26.3 Å². The molecule has 4 rings (SSSR count). The van der Waals surface area contributed by atoms with E-state index in [1.54, 1.807) is 11.8 Å². The summed E-state index contributed by atoms with van der Waals surface area (Å²) in [5.41, 5.74) is 0. The fourth-order valence-corrected chi connectivity index (χ4v) is 6.79. The van der Waals surface area contributed by atoms with Crippen molar-refractivity contribution in [1.29, 1.82) is 0 Å². The van der Waals surface area contributed by atoms with Crippen molar-refractivity contribution in [3.05, 3.63) is 0 Å². The molecule has 0 spiro atoms. The Morgan fingerprint density at radius 1 is 1.08 bits per heavy atom. The second kappa shape index (κ2) is 6.06. The minimum Gasteiger partial charge on any atom is -0.378 e. The quantitative estimate of drug-likeness (QED) is 0.452. The molecule has 0 aromatic carbocycles.